The summed E-state index contributed by atoms with van der Waals surface area (Å²) in [5, 5.41) is 4.52. The number of hydrogen-bond donors (Lipinski definition) is 1. The quantitative estimate of drug-likeness (QED) is 0.890. The first-order chi connectivity index (χ1) is 8.69. The summed E-state index contributed by atoms with van der Waals surface area (Å²) in [6.07, 6.45) is 0. The number of hydrogen-bond acceptors (Lipinski definition) is 4. The smallest absolute Gasteiger partial charge is 0.121 e. The molecule has 0 spiro atoms. The van der Waals surface area contributed by atoms with Gasteiger partial charge in [-0.15, -0.1) is 11.3 Å². The minimum Gasteiger partial charge on any atom is -0.494 e. The van der Waals surface area contributed by atoms with Gasteiger partial charge >= 0.3 is 0 Å². The third kappa shape index (κ3) is 3.23. The van der Waals surface area contributed by atoms with Crippen LogP contribution in [0, 0.1) is 13.8 Å². The topological polar surface area (TPSA) is 34.1 Å². The lowest BCUT2D eigenvalue weighted by Gasteiger charge is -2.08. The Balaban J connectivity index is 2.01. The predicted octanol–water partition coefficient (Wildman–Crippen LogP) is 3.77. The van der Waals surface area contributed by atoms with Crippen molar-refractivity contribution in [3.63, 3.8) is 0 Å². The van der Waals surface area contributed by atoms with E-state index in [2.05, 4.69) is 17.2 Å². The molecule has 0 radical (unpaired) electrons. The van der Waals surface area contributed by atoms with Gasteiger partial charge < -0.3 is 10.1 Å². The Kier molecular flexibility index (Phi) is 4.20. The van der Waals surface area contributed by atoms with Gasteiger partial charge in [0.1, 0.15) is 5.75 Å². The maximum Gasteiger partial charge on any atom is 0.121 e. The fraction of sp³-hybridized carbons (Fsp3) is 0.357. The first-order valence-electron chi connectivity index (χ1n) is 6.08. The zero-order valence-electron chi connectivity index (χ0n) is 11.0. The van der Waals surface area contributed by atoms with E-state index in [1.54, 1.807) is 11.3 Å². The van der Waals surface area contributed by atoms with E-state index in [1.807, 2.05) is 38.1 Å². The number of benzene rings is 1. The summed E-state index contributed by atoms with van der Waals surface area (Å²) in [5.41, 5.74) is 2.19. The highest BCUT2D eigenvalue weighted by molar-refractivity contribution is 7.11. The van der Waals surface area contributed by atoms with Crippen molar-refractivity contribution >= 4 is 17.0 Å². The summed E-state index contributed by atoms with van der Waals surface area (Å²) in [5.74, 6) is 0.903. The Labute approximate surface area is 112 Å². The summed E-state index contributed by atoms with van der Waals surface area (Å²) in [6.45, 7) is 7.58. The molecule has 0 unspecified atom stereocenters. The molecule has 0 saturated heterocycles. The van der Waals surface area contributed by atoms with Gasteiger partial charge in [0.2, 0.25) is 0 Å². The van der Waals surface area contributed by atoms with Crippen molar-refractivity contribution in [2.24, 2.45) is 0 Å². The summed E-state index contributed by atoms with van der Waals surface area (Å²) < 4.78 is 5.48. The summed E-state index contributed by atoms with van der Waals surface area (Å²) in [7, 11) is 0. The fourth-order valence-corrected chi connectivity index (χ4v) is 2.66. The van der Waals surface area contributed by atoms with Crippen molar-refractivity contribution < 1.29 is 4.74 Å². The van der Waals surface area contributed by atoms with Gasteiger partial charge in [-0.2, -0.15) is 0 Å². The lowest BCUT2D eigenvalue weighted by atomic mass is 10.3. The first-order valence-corrected chi connectivity index (χ1v) is 6.90. The summed E-state index contributed by atoms with van der Waals surface area (Å²) in [4.78, 5) is 5.71. The molecule has 0 aliphatic heterocycles. The lowest BCUT2D eigenvalue weighted by molar-refractivity contribution is 0.340. The van der Waals surface area contributed by atoms with Crippen molar-refractivity contribution in [3.8, 4) is 5.75 Å². The molecule has 3 nitrogen and oxygen atoms in total. The second kappa shape index (κ2) is 5.87. The maximum atomic E-state index is 5.48. The highest BCUT2D eigenvalue weighted by Gasteiger charge is 2.04. The lowest BCUT2D eigenvalue weighted by Crippen LogP contribution is -1.99. The van der Waals surface area contributed by atoms with Crippen LogP contribution in [0.15, 0.2) is 24.3 Å². The van der Waals surface area contributed by atoms with Crippen LogP contribution < -0.4 is 10.1 Å². The monoisotopic (exact) mass is 262 g/mol. The molecule has 0 saturated carbocycles. The molecule has 2 rings (SSSR count). The average Bonchev–Trinajstić information content (AvgIpc) is 2.66. The van der Waals surface area contributed by atoms with Gasteiger partial charge in [-0.25, -0.2) is 4.98 Å². The molecule has 18 heavy (non-hydrogen) atoms. The van der Waals surface area contributed by atoms with E-state index in [0.29, 0.717) is 6.61 Å². The molecule has 0 atom stereocenters. The molecule has 1 heterocycles. The van der Waals surface area contributed by atoms with E-state index in [4.69, 9.17) is 4.74 Å². The SMILES string of the molecule is CCOc1cccc(NCc2sc(C)nc2C)c1. The van der Waals surface area contributed by atoms with Crippen LogP contribution in [0.25, 0.3) is 0 Å². The van der Waals surface area contributed by atoms with Crippen LogP contribution in [-0.4, -0.2) is 11.6 Å². The number of aromatic nitrogens is 1. The van der Waals surface area contributed by atoms with Gasteiger partial charge in [0.05, 0.1) is 23.9 Å². The molecule has 0 amide bonds. The second-order valence-electron chi connectivity index (χ2n) is 4.06. The van der Waals surface area contributed by atoms with Crippen LogP contribution in [0.4, 0.5) is 5.69 Å². The third-order valence-electron chi connectivity index (χ3n) is 2.60. The molecule has 0 bridgehead atoms. The zero-order chi connectivity index (χ0) is 13.0. The largest absolute Gasteiger partial charge is 0.494 e. The number of aryl methyl sites for hydroxylation is 2. The van der Waals surface area contributed by atoms with Gasteiger partial charge in [0, 0.05) is 16.6 Å². The van der Waals surface area contributed by atoms with Crippen LogP contribution in [-0.2, 0) is 6.54 Å². The molecule has 96 valence electrons. The van der Waals surface area contributed by atoms with E-state index in [0.717, 1.165) is 28.7 Å². The minimum absolute atomic E-state index is 0.691. The maximum absolute atomic E-state index is 5.48. The fourth-order valence-electron chi connectivity index (χ4n) is 1.78. The molecule has 2 aromatic rings. The molecule has 1 aromatic heterocycles. The van der Waals surface area contributed by atoms with E-state index in [1.165, 1.54) is 4.88 Å². The van der Waals surface area contributed by atoms with Crippen LogP contribution >= 0.6 is 11.3 Å². The number of ether oxygens (including phenoxy) is 1. The Morgan fingerprint density at radius 3 is 2.83 bits per heavy atom. The Bertz CT molecular complexity index is 522. The van der Waals surface area contributed by atoms with E-state index in [9.17, 15) is 0 Å². The molecular formula is C14H18N2OS. The van der Waals surface area contributed by atoms with Gasteiger partial charge in [-0.1, -0.05) is 6.07 Å². The Hall–Kier alpha value is -1.55. The third-order valence-corrected chi connectivity index (χ3v) is 3.67. The molecule has 0 aliphatic carbocycles. The van der Waals surface area contributed by atoms with Gasteiger partial charge in [-0.3, -0.25) is 0 Å². The number of anilines is 1. The van der Waals surface area contributed by atoms with Crippen LogP contribution in [0.1, 0.15) is 22.5 Å². The normalized spacial score (nSPS) is 10.4. The Morgan fingerprint density at radius 2 is 2.17 bits per heavy atom. The number of thiazole rings is 1. The number of rotatable bonds is 5. The van der Waals surface area contributed by atoms with Gasteiger partial charge in [-0.05, 0) is 32.9 Å². The van der Waals surface area contributed by atoms with E-state index in [-0.39, 0.29) is 0 Å². The first kappa shape index (κ1) is 12.9. The number of nitrogens with zero attached hydrogens (tertiary/aromatic N) is 1. The molecule has 0 aliphatic rings. The zero-order valence-corrected chi connectivity index (χ0v) is 11.8. The van der Waals surface area contributed by atoms with Crippen molar-refractivity contribution in [2.45, 2.75) is 27.3 Å². The molecule has 1 aromatic carbocycles. The van der Waals surface area contributed by atoms with Crippen molar-refractivity contribution in [1.29, 1.82) is 0 Å². The average molecular weight is 262 g/mol. The van der Waals surface area contributed by atoms with Crippen LogP contribution in [0.5, 0.6) is 5.75 Å². The predicted molar refractivity (Wildman–Crippen MR) is 76.5 cm³/mol. The molecular weight excluding hydrogens is 244 g/mol. The standard InChI is InChI=1S/C14H18N2OS/c1-4-17-13-7-5-6-12(8-13)15-9-14-10(2)16-11(3)18-14/h5-8,15H,4,9H2,1-3H3. The molecule has 1 N–H and O–H groups in total. The summed E-state index contributed by atoms with van der Waals surface area (Å²) >= 11 is 1.74. The van der Waals surface area contributed by atoms with Gasteiger partial charge in [0.15, 0.2) is 0 Å². The molecule has 4 heteroatoms. The van der Waals surface area contributed by atoms with Crippen LogP contribution in [0.3, 0.4) is 0 Å². The van der Waals surface area contributed by atoms with E-state index < -0.39 is 0 Å². The highest BCUT2D eigenvalue weighted by atomic mass is 32.1. The van der Waals surface area contributed by atoms with E-state index >= 15 is 0 Å². The van der Waals surface area contributed by atoms with Crippen molar-refractivity contribution in [3.05, 3.63) is 39.8 Å². The van der Waals surface area contributed by atoms with Crippen molar-refractivity contribution in [2.75, 3.05) is 11.9 Å². The second-order valence-corrected chi connectivity index (χ2v) is 5.34. The van der Waals surface area contributed by atoms with Gasteiger partial charge in [0.25, 0.3) is 0 Å². The van der Waals surface area contributed by atoms with Crippen LogP contribution in [0.2, 0.25) is 0 Å². The molecule has 0 fully saturated rings. The van der Waals surface area contributed by atoms with Crippen molar-refractivity contribution in [1.82, 2.24) is 4.98 Å². The minimum atomic E-state index is 0.691. The Morgan fingerprint density at radius 1 is 1.33 bits per heavy atom. The highest BCUT2D eigenvalue weighted by Crippen LogP contribution is 2.21. The number of nitrogens with one attached hydrogen (secondary N) is 1. The summed E-state index contributed by atoms with van der Waals surface area (Å²) in [6, 6.07) is 8.04.